The van der Waals surface area contributed by atoms with Crippen LogP contribution in [0.3, 0.4) is 0 Å². The van der Waals surface area contributed by atoms with Crippen molar-refractivity contribution in [3.8, 4) is 0 Å². The summed E-state index contributed by atoms with van der Waals surface area (Å²) in [7, 11) is -2.22. The highest BCUT2D eigenvalue weighted by Crippen LogP contribution is 2.61. The van der Waals surface area contributed by atoms with Gasteiger partial charge in [0.1, 0.15) is 0 Å². The highest BCUT2D eigenvalue weighted by atomic mass is 31.2. The van der Waals surface area contributed by atoms with Crippen molar-refractivity contribution in [2.75, 3.05) is 20.3 Å². The van der Waals surface area contributed by atoms with Gasteiger partial charge in [0.25, 0.3) is 0 Å². The molecule has 0 spiro atoms. The zero-order valence-corrected chi connectivity index (χ0v) is 15.2. The molecule has 6 nitrogen and oxygen atoms in total. The van der Waals surface area contributed by atoms with Crippen molar-refractivity contribution in [3.63, 3.8) is 0 Å². The molecule has 1 rings (SSSR count). The number of carbonyl (C=O) groups is 1. The molecule has 3 unspecified atom stereocenters. The first kappa shape index (κ1) is 20.1. The summed E-state index contributed by atoms with van der Waals surface area (Å²) in [4.78, 5) is 11.3. The molecule has 3 atom stereocenters. The Morgan fingerprint density at radius 1 is 1.39 bits per heavy atom. The maximum Gasteiger partial charge on any atom is 0.336 e. The van der Waals surface area contributed by atoms with Crippen molar-refractivity contribution in [1.82, 2.24) is 0 Å². The first-order valence-corrected chi connectivity index (χ1v) is 9.36. The fourth-order valence-electron chi connectivity index (χ4n) is 2.86. The van der Waals surface area contributed by atoms with Crippen LogP contribution in [0.15, 0.2) is 24.3 Å². The van der Waals surface area contributed by atoms with Crippen molar-refractivity contribution in [1.29, 1.82) is 0 Å². The number of aliphatic hydroxyl groups is 1. The van der Waals surface area contributed by atoms with Crippen LogP contribution in [0, 0.1) is 5.92 Å². The van der Waals surface area contributed by atoms with Crippen LogP contribution in [0.1, 0.15) is 33.6 Å². The van der Waals surface area contributed by atoms with Gasteiger partial charge in [-0.15, -0.1) is 0 Å². The summed E-state index contributed by atoms with van der Waals surface area (Å²) in [5.41, 5.74) is -1.25. The van der Waals surface area contributed by atoms with E-state index >= 15 is 0 Å². The van der Waals surface area contributed by atoms with Gasteiger partial charge in [-0.2, -0.15) is 0 Å². The molecule has 0 bridgehead atoms. The minimum absolute atomic E-state index is 0.221. The van der Waals surface area contributed by atoms with Gasteiger partial charge in [-0.1, -0.05) is 18.2 Å². The van der Waals surface area contributed by atoms with E-state index < -0.39 is 30.7 Å². The molecule has 0 saturated heterocycles. The van der Waals surface area contributed by atoms with Gasteiger partial charge in [-0.3, -0.25) is 4.57 Å². The average molecular weight is 346 g/mol. The molecule has 0 aromatic heterocycles. The van der Waals surface area contributed by atoms with Crippen LogP contribution in [0.25, 0.3) is 0 Å². The van der Waals surface area contributed by atoms with Crippen molar-refractivity contribution < 1.29 is 28.3 Å². The van der Waals surface area contributed by atoms with Crippen LogP contribution in [-0.4, -0.2) is 42.7 Å². The monoisotopic (exact) mass is 346 g/mol. The van der Waals surface area contributed by atoms with Crippen molar-refractivity contribution in [2.24, 2.45) is 5.92 Å². The molecular weight excluding hydrogens is 319 g/mol. The average Bonchev–Trinajstić information content (AvgIpc) is 2.47. The second kappa shape index (κ2) is 8.25. The second-order valence-corrected chi connectivity index (χ2v) is 7.98. The van der Waals surface area contributed by atoms with E-state index in [1.807, 2.05) is 0 Å². The summed E-state index contributed by atoms with van der Waals surface area (Å²) >= 11 is 0. The van der Waals surface area contributed by atoms with Crippen LogP contribution < -0.4 is 0 Å². The molecule has 1 saturated carbocycles. The third-order valence-electron chi connectivity index (χ3n) is 4.08. The Balaban J connectivity index is 3.16. The minimum atomic E-state index is -3.51. The third-order valence-corrected chi connectivity index (χ3v) is 6.79. The highest BCUT2D eigenvalue weighted by Gasteiger charge is 2.53. The molecule has 7 heteroatoms. The Labute approximate surface area is 138 Å². The molecule has 1 fully saturated rings. The quantitative estimate of drug-likeness (QED) is 0.330. The van der Waals surface area contributed by atoms with E-state index in [4.69, 9.17) is 9.05 Å². The first-order chi connectivity index (χ1) is 10.7. The Hall–Kier alpha value is -0.940. The number of ether oxygens (including phenoxy) is 1. The van der Waals surface area contributed by atoms with E-state index in [1.54, 1.807) is 26.8 Å². The number of rotatable bonds is 7. The molecule has 23 heavy (non-hydrogen) atoms. The van der Waals surface area contributed by atoms with E-state index in [0.29, 0.717) is 12.8 Å². The largest absolute Gasteiger partial charge is 0.466 e. The Bertz CT molecular complexity index is 501. The molecule has 1 aliphatic rings. The van der Waals surface area contributed by atoms with E-state index in [2.05, 4.69) is 11.3 Å². The Kier molecular flexibility index (Phi) is 7.21. The maximum atomic E-state index is 13.1. The van der Waals surface area contributed by atoms with Crippen molar-refractivity contribution in [3.05, 3.63) is 24.3 Å². The topological polar surface area (TPSA) is 82.1 Å². The molecule has 0 radical (unpaired) electrons. The summed E-state index contributed by atoms with van der Waals surface area (Å²) in [5, 5.41) is 11.0. The SMILES string of the molecule is C=C1CC(/C=C/C(=O)OC)C(C)(O)C(P(=O)(OCC)OCC)C1. The van der Waals surface area contributed by atoms with Gasteiger partial charge in [-0.25, -0.2) is 4.79 Å². The lowest BCUT2D eigenvalue weighted by atomic mass is 9.74. The third kappa shape index (κ3) is 4.77. The number of carbonyl (C=O) groups excluding carboxylic acids is 1. The molecule has 0 aliphatic heterocycles. The predicted molar refractivity (Wildman–Crippen MR) is 88.3 cm³/mol. The van der Waals surface area contributed by atoms with Gasteiger partial charge >= 0.3 is 13.6 Å². The molecular formula is C16H27O6P. The second-order valence-electron chi connectivity index (χ2n) is 5.76. The Morgan fingerprint density at radius 2 is 1.96 bits per heavy atom. The first-order valence-electron chi connectivity index (χ1n) is 7.75. The lowest BCUT2D eigenvalue weighted by Crippen LogP contribution is -2.49. The zero-order valence-electron chi connectivity index (χ0n) is 14.3. The summed E-state index contributed by atoms with van der Waals surface area (Å²) in [6.45, 7) is 9.47. The summed E-state index contributed by atoms with van der Waals surface area (Å²) < 4.78 is 28.5. The van der Waals surface area contributed by atoms with Crippen molar-refractivity contribution >= 4 is 13.6 Å². The molecule has 132 valence electrons. The van der Waals surface area contributed by atoms with Crippen LogP contribution in [0.4, 0.5) is 0 Å². The van der Waals surface area contributed by atoms with E-state index in [0.717, 1.165) is 5.57 Å². The van der Waals surface area contributed by atoms with E-state index in [9.17, 15) is 14.5 Å². The van der Waals surface area contributed by atoms with Gasteiger partial charge in [0.2, 0.25) is 0 Å². The van der Waals surface area contributed by atoms with Gasteiger partial charge in [0.05, 0.1) is 31.6 Å². The Morgan fingerprint density at radius 3 is 2.43 bits per heavy atom. The minimum Gasteiger partial charge on any atom is -0.466 e. The molecule has 0 aromatic carbocycles. The molecule has 0 aromatic rings. The standard InChI is InChI=1S/C16H27O6P/c1-6-21-23(19,22-7-2)14-11-12(3)10-13(16(14,4)18)8-9-15(17)20-5/h8-9,13-14,18H,3,6-7,10-11H2,1-2,4-5H3/b9-8+. The number of allylic oxidation sites excluding steroid dienone is 1. The normalized spacial score (nSPS) is 29.0. The van der Waals surface area contributed by atoms with Crippen LogP contribution >= 0.6 is 7.60 Å². The fourth-order valence-corrected chi connectivity index (χ4v) is 5.33. The molecule has 1 N–H and O–H groups in total. The van der Waals surface area contributed by atoms with E-state index in [1.165, 1.54) is 13.2 Å². The van der Waals surface area contributed by atoms with Gasteiger partial charge in [0.15, 0.2) is 0 Å². The van der Waals surface area contributed by atoms with Crippen LogP contribution in [-0.2, 0) is 23.1 Å². The lowest BCUT2D eigenvalue weighted by Gasteiger charge is -2.45. The van der Waals surface area contributed by atoms with Crippen molar-refractivity contribution in [2.45, 2.75) is 44.9 Å². The van der Waals surface area contributed by atoms with Gasteiger partial charge in [0, 0.05) is 12.0 Å². The summed E-state index contributed by atoms with van der Waals surface area (Å²) in [5.74, 6) is -0.937. The maximum absolute atomic E-state index is 13.1. The smallest absolute Gasteiger partial charge is 0.336 e. The summed E-state index contributed by atoms with van der Waals surface area (Å²) in [6.07, 6.45) is 3.69. The number of hydrogen-bond acceptors (Lipinski definition) is 6. The molecule has 0 heterocycles. The summed E-state index contributed by atoms with van der Waals surface area (Å²) in [6, 6.07) is 0. The van der Waals surface area contributed by atoms with Crippen LogP contribution in [0.5, 0.6) is 0 Å². The zero-order chi connectivity index (χ0) is 17.7. The number of hydrogen-bond donors (Lipinski definition) is 1. The van der Waals surface area contributed by atoms with E-state index in [-0.39, 0.29) is 13.2 Å². The number of methoxy groups -OCH3 is 1. The predicted octanol–water partition coefficient (Wildman–Crippen LogP) is 3.07. The molecule has 1 aliphatic carbocycles. The van der Waals surface area contributed by atoms with Crippen LogP contribution in [0.2, 0.25) is 0 Å². The highest BCUT2D eigenvalue weighted by molar-refractivity contribution is 7.54. The molecule has 0 amide bonds. The van der Waals surface area contributed by atoms with Gasteiger partial charge in [-0.05, 0) is 33.6 Å². The number of esters is 1. The fraction of sp³-hybridized carbons (Fsp3) is 0.688. The van der Waals surface area contributed by atoms with Gasteiger partial charge < -0.3 is 18.9 Å². The lowest BCUT2D eigenvalue weighted by molar-refractivity contribution is -0.134.